The van der Waals surface area contributed by atoms with Crippen LogP contribution in [0.25, 0.3) is 10.8 Å². The topological polar surface area (TPSA) is 71.0 Å². The zero-order valence-electron chi connectivity index (χ0n) is 15.0. The fraction of sp³-hybridized carbons (Fsp3) is 0.556. The van der Waals surface area contributed by atoms with Crippen LogP contribution in [0.15, 0.2) is 18.5 Å². The quantitative estimate of drug-likeness (QED) is 0.889. The minimum atomic E-state index is -0.0604. The Kier molecular flexibility index (Phi) is 5.75. The van der Waals surface area contributed by atoms with Gasteiger partial charge in [-0.3, -0.25) is 4.79 Å². The molecule has 7 heteroatoms. The Morgan fingerprint density at radius 1 is 1.44 bits per heavy atom. The van der Waals surface area contributed by atoms with Gasteiger partial charge >= 0.3 is 0 Å². The molecule has 3 rings (SSSR count). The van der Waals surface area contributed by atoms with Gasteiger partial charge in [0.15, 0.2) is 10.8 Å². The van der Waals surface area contributed by atoms with E-state index in [1.54, 1.807) is 18.5 Å². The highest BCUT2D eigenvalue weighted by Gasteiger charge is 2.21. The van der Waals surface area contributed by atoms with Crippen molar-refractivity contribution in [2.45, 2.75) is 39.7 Å². The smallest absolute Gasteiger partial charge is 0.263 e. The van der Waals surface area contributed by atoms with E-state index in [9.17, 15) is 4.79 Å². The van der Waals surface area contributed by atoms with Gasteiger partial charge in [-0.2, -0.15) is 0 Å². The van der Waals surface area contributed by atoms with Crippen LogP contribution in [0, 0.1) is 12.8 Å². The third-order valence-corrected chi connectivity index (χ3v) is 5.56. The maximum Gasteiger partial charge on any atom is 0.263 e. The summed E-state index contributed by atoms with van der Waals surface area (Å²) in [5.74, 6) is 1.24. The number of aryl methyl sites for hydroxylation is 1. The summed E-state index contributed by atoms with van der Waals surface area (Å²) in [6, 6.07) is 1.87. The van der Waals surface area contributed by atoms with E-state index in [0.29, 0.717) is 15.7 Å². The van der Waals surface area contributed by atoms with Gasteiger partial charge in [0.05, 0.1) is 5.69 Å². The van der Waals surface area contributed by atoms with Crippen LogP contribution >= 0.6 is 11.3 Å². The van der Waals surface area contributed by atoms with Crippen LogP contribution in [-0.4, -0.2) is 51.4 Å². The number of carbonyl (C=O) groups is 1. The molecule has 2 atom stereocenters. The standard InChI is InChI=1S/C18H25N5OS/c1-12-6-4-9-23(10-12)11-13(2)21-17(24)15-14(3)22-18(25-15)16-19-7-5-8-20-16/h5,7-8,12-13H,4,6,9-11H2,1-3H3,(H,21,24)/t12-,13+/m1/s1. The van der Waals surface area contributed by atoms with Crippen LogP contribution in [-0.2, 0) is 0 Å². The average molecular weight is 359 g/mol. The second kappa shape index (κ2) is 8.01. The molecule has 25 heavy (non-hydrogen) atoms. The number of piperidine rings is 1. The van der Waals surface area contributed by atoms with Crippen LogP contribution < -0.4 is 5.32 Å². The number of nitrogens with zero attached hydrogens (tertiary/aromatic N) is 4. The molecule has 0 aromatic carbocycles. The van der Waals surface area contributed by atoms with E-state index in [0.717, 1.165) is 31.2 Å². The van der Waals surface area contributed by atoms with Gasteiger partial charge in [0.1, 0.15) is 4.88 Å². The van der Waals surface area contributed by atoms with Crippen molar-refractivity contribution in [1.29, 1.82) is 0 Å². The van der Waals surface area contributed by atoms with Crippen molar-refractivity contribution >= 4 is 17.2 Å². The molecule has 1 N–H and O–H groups in total. The Balaban J connectivity index is 1.62. The molecular weight excluding hydrogens is 334 g/mol. The molecule has 0 radical (unpaired) electrons. The fourth-order valence-electron chi connectivity index (χ4n) is 3.29. The number of rotatable bonds is 5. The molecule has 3 heterocycles. The Hall–Kier alpha value is -1.86. The number of aromatic nitrogens is 3. The summed E-state index contributed by atoms with van der Waals surface area (Å²) in [5.41, 5.74) is 0.726. The summed E-state index contributed by atoms with van der Waals surface area (Å²) in [4.78, 5) is 28.6. The van der Waals surface area contributed by atoms with E-state index in [-0.39, 0.29) is 11.9 Å². The highest BCUT2D eigenvalue weighted by Crippen LogP contribution is 2.25. The second-order valence-corrected chi connectivity index (χ2v) is 7.89. The van der Waals surface area contributed by atoms with Crippen molar-refractivity contribution in [2.75, 3.05) is 19.6 Å². The maximum absolute atomic E-state index is 12.6. The minimum absolute atomic E-state index is 0.0604. The SMILES string of the molecule is Cc1nc(-c2ncccn2)sc1C(=O)N[C@@H](C)CN1CCC[C@@H](C)C1. The highest BCUT2D eigenvalue weighted by atomic mass is 32.1. The Bertz CT molecular complexity index is 718. The fourth-order valence-corrected chi connectivity index (χ4v) is 4.20. The van der Waals surface area contributed by atoms with Gasteiger partial charge < -0.3 is 10.2 Å². The minimum Gasteiger partial charge on any atom is -0.348 e. The predicted octanol–water partition coefficient (Wildman–Crippen LogP) is 2.76. The number of nitrogens with one attached hydrogen (secondary N) is 1. The molecule has 1 amide bonds. The molecule has 1 fully saturated rings. The molecule has 0 unspecified atom stereocenters. The summed E-state index contributed by atoms with van der Waals surface area (Å²) in [5, 5.41) is 3.79. The number of thiazole rings is 1. The molecule has 0 saturated carbocycles. The molecule has 0 aliphatic carbocycles. The van der Waals surface area contributed by atoms with Crippen LogP contribution in [0.5, 0.6) is 0 Å². The zero-order valence-corrected chi connectivity index (χ0v) is 15.8. The molecule has 2 aromatic heterocycles. The Morgan fingerprint density at radius 3 is 2.92 bits per heavy atom. The normalized spacial score (nSPS) is 19.6. The van der Waals surface area contributed by atoms with E-state index in [1.807, 2.05) is 6.92 Å². The molecule has 1 saturated heterocycles. The van der Waals surface area contributed by atoms with Crippen molar-refractivity contribution in [3.05, 3.63) is 29.0 Å². The summed E-state index contributed by atoms with van der Waals surface area (Å²) >= 11 is 1.35. The molecule has 6 nitrogen and oxygen atoms in total. The molecule has 2 aromatic rings. The van der Waals surface area contributed by atoms with Gasteiger partial charge in [0, 0.05) is 31.5 Å². The van der Waals surface area contributed by atoms with E-state index < -0.39 is 0 Å². The van der Waals surface area contributed by atoms with Crippen molar-refractivity contribution < 1.29 is 4.79 Å². The third-order valence-electron chi connectivity index (χ3n) is 4.41. The first-order chi connectivity index (χ1) is 12.0. The lowest BCUT2D eigenvalue weighted by molar-refractivity contribution is 0.0923. The van der Waals surface area contributed by atoms with Gasteiger partial charge in [-0.15, -0.1) is 11.3 Å². The summed E-state index contributed by atoms with van der Waals surface area (Å²) in [7, 11) is 0. The molecule has 134 valence electrons. The predicted molar refractivity (Wildman–Crippen MR) is 99.6 cm³/mol. The van der Waals surface area contributed by atoms with Crippen molar-refractivity contribution in [2.24, 2.45) is 5.92 Å². The summed E-state index contributed by atoms with van der Waals surface area (Å²) in [6.45, 7) is 9.35. The lowest BCUT2D eigenvalue weighted by atomic mass is 10.00. The lowest BCUT2D eigenvalue weighted by Crippen LogP contribution is -2.45. The van der Waals surface area contributed by atoms with E-state index in [4.69, 9.17) is 0 Å². The van der Waals surface area contributed by atoms with Crippen molar-refractivity contribution in [3.63, 3.8) is 0 Å². The summed E-state index contributed by atoms with van der Waals surface area (Å²) in [6.07, 6.45) is 5.92. The van der Waals surface area contributed by atoms with Gasteiger partial charge in [0.25, 0.3) is 5.91 Å². The van der Waals surface area contributed by atoms with Gasteiger partial charge in [0.2, 0.25) is 0 Å². The Labute approximate surface area is 152 Å². The zero-order chi connectivity index (χ0) is 17.8. The number of amides is 1. The van der Waals surface area contributed by atoms with Gasteiger partial charge in [-0.05, 0) is 45.2 Å². The monoisotopic (exact) mass is 359 g/mol. The molecule has 1 aliphatic rings. The van der Waals surface area contributed by atoms with Crippen molar-refractivity contribution in [1.82, 2.24) is 25.2 Å². The second-order valence-electron chi connectivity index (χ2n) is 6.89. The number of hydrogen-bond donors (Lipinski definition) is 1. The number of likely N-dealkylation sites (tertiary alicyclic amines) is 1. The van der Waals surface area contributed by atoms with Crippen LogP contribution in [0.4, 0.5) is 0 Å². The first kappa shape index (κ1) is 17.9. The largest absolute Gasteiger partial charge is 0.348 e. The Morgan fingerprint density at radius 2 is 2.20 bits per heavy atom. The number of carbonyl (C=O) groups excluding carboxylic acids is 1. The average Bonchev–Trinajstić information content (AvgIpc) is 2.97. The van der Waals surface area contributed by atoms with Gasteiger partial charge in [-0.1, -0.05) is 6.92 Å². The van der Waals surface area contributed by atoms with Gasteiger partial charge in [-0.25, -0.2) is 15.0 Å². The molecule has 1 aliphatic heterocycles. The molecule has 0 bridgehead atoms. The molecular formula is C18H25N5OS. The van der Waals surface area contributed by atoms with Crippen molar-refractivity contribution in [3.8, 4) is 10.8 Å². The lowest BCUT2D eigenvalue weighted by Gasteiger charge is -2.32. The van der Waals surface area contributed by atoms with Crippen LogP contribution in [0.1, 0.15) is 42.1 Å². The van der Waals surface area contributed by atoms with E-state index in [2.05, 4.69) is 39.0 Å². The highest BCUT2D eigenvalue weighted by molar-refractivity contribution is 7.17. The van der Waals surface area contributed by atoms with Crippen LogP contribution in [0.2, 0.25) is 0 Å². The maximum atomic E-state index is 12.6. The number of hydrogen-bond acceptors (Lipinski definition) is 6. The van der Waals surface area contributed by atoms with E-state index in [1.165, 1.54) is 24.2 Å². The summed E-state index contributed by atoms with van der Waals surface area (Å²) < 4.78 is 0. The third kappa shape index (κ3) is 4.61. The first-order valence-electron chi connectivity index (χ1n) is 8.81. The van der Waals surface area contributed by atoms with E-state index >= 15 is 0 Å². The first-order valence-corrected chi connectivity index (χ1v) is 9.62. The molecule has 0 spiro atoms. The van der Waals surface area contributed by atoms with Crippen LogP contribution in [0.3, 0.4) is 0 Å².